The number of pyridine rings is 1. The third-order valence-corrected chi connectivity index (χ3v) is 3.68. The molecule has 1 heterocycles. The molecule has 112 valence electrons. The number of carbonyl (C=O) groups is 1. The molecule has 5 heteroatoms. The fourth-order valence-electron chi connectivity index (χ4n) is 2.06. The third-order valence-electron chi connectivity index (χ3n) is 3.68. The van der Waals surface area contributed by atoms with Crippen LogP contribution in [0, 0.1) is 0 Å². The molecule has 0 aliphatic rings. The van der Waals surface area contributed by atoms with Crippen molar-refractivity contribution in [2.75, 3.05) is 6.61 Å². The zero-order chi connectivity index (χ0) is 15.0. The van der Waals surface area contributed by atoms with Crippen molar-refractivity contribution in [3.63, 3.8) is 0 Å². The van der Waals surface area contributed by atoms with Gasteiger partial charge in [-0.15, -0.1) is 0 Å². The Morgan fingerprint density at radius 2 is 2.05 bits per heavy atom. The molecular formula is C15H25N3O2. The van der Waals surface area contributed by atoms with Gasteiger partial charge in [0.15, 0.2) is 0 Å². The highest BCUT2D eigenvalue weighted by Gasteiger charge is 2.24. The van der Waals surface area contributed by atoms with Gasteiger partial charge in [-0.3, -0.25) is 4.98 Å². The first-order chi connectivity index (χ1) is 9.54. The predicted molar refractivity (Wildman–Crippen MR) is 79.3 cm³/mol. The summed E-state index contributed by atoms with van der Waals surface area (Å²) in [6, 6.07) is 3.57. The first-order valence-electron chi connectivity index (χ1n) is 7.14. The Morgan fingerprint density at radius 1 is 1.40 bits per heavy atom. The Hall–Kier alpha value is -1.62. The summed E-state index contributed by atoms with van der Waals surface area (Å²) >= 11 is 0. The van der Waals surface area contributed by atoms with Crippen LogP contribution in [0.1, 0.15) is 51.6 Å². The van der Waals surface area contributed by atoms with Crippen molar-refractivity contribution in [3.05, 3.63) is 30.1 Å². The van der Waals surface area contributed by atoms with E-state index in [1.54, 1.807) is 12.4 Å². The van der Waals surface area contributed by atoms with Crippen molar-refractivity contribution in [2.45, 2.75) is 51.6 Å². The molecule has 0 fully saturated rings. The summed E-state index contributed by atoms with van der Waals surface area (Å²) in [5, 5.41) is 15.0. The summed E-state index contributed by atoms with van der Waals surface area (Å²) in [4.78, 5) is 16.1. The highest BCUT2D eigenvalue weighted by atomic mass is 16.3. The van der Waals surface area contributed by atoms with Crippen molar-refractivity contribution in [1.82, 2.24) is 15.6 Å². The molecule has 0 aliphatic carbocycles. The van der Waals surface area contributed by atoms with Crippen molar-refractivity contribution in [2.24, 2.45) is 0 Å². The highest BCUT2D eigenvalue weighted by molar-refractivity contribution is 5.75. The summed E-state index contributed by atoms with van der Waals surface area (Å²) in [6.45, 7) is 6.02. The molecule has 0 bridgehead atoms. The Labute approximate surface area is 120 Å². The van der Waals surface area contributed by atoms with Gasteiger partial charge in [-0.05, 0) is 43.9 Å². The number of nitrogens with one attached hydrogen (secondary N) is 2. The Balaban J connectivity index is 2.64. The van der Waals surface area contributed by atoms with Crippen molar-refractivity contribution in [3.8, 4) is 0 Å². The molecule has 5 nitrogen and oxygen atoms in total. The van der Waals surface area contributed by atoms with Crippen LogP contribution in [0.5, 0.6) is 0 Å². The molecule has 1 rings (SSSR count). The lowest BCUT2D eigenvalue weighted by atomic mass is 9.95. The van der Waals surface area contributed by atoms with Crippen LogP contribution in [-0.4, -0.2) is 28.3 Å². The van der Waals surface area contributed by atoms with Gasteiger partial charge in [-0.2, -0.15) is 0 Å². The number of aliphatic hydroxyl groups is 1. The van der Waals surface area contributed by atoms with E-state index in [0.29, 0.717) is 6.42 Å². The number of carbonyl (C=O) groups excluding carboxylic acids is 1. The van der Waals surface area contributed by atoms with Crippen LogP contribution in [0.4, 0.5) is 4.79 Å². The lowest BCUT2D eigenvalue weighted by molar-refractivity contribution is 0.198. The molecule has 3 N–H and O–H groups in total. The summed E-state index contributed by atoms with van der Waals surface area (Å²) < 4.78 is 0. The van der Waals surface area contributed by atoms with Gasteiger partial charge in [0.2, 0.25) is 0 Å². The van der Waals surface area contributed by atoms with E-state index in [-0.39, 0.29) is 24.2 Å². The van der Waals surface area contributed by atoms with Crippen LogP contribution >= 0.6 is 0 Å². The molecular weight excluding hydrogens is 254 g/mol. The minimum absolute atomic E-state index is 0.0340. The maximum atomic E-state index is 12.1. The second kappa shape index (κ2) is 7.85. The SMILES string of the molecule is CCC(NC(=O)NC(C)(CC)CCO)c1ccncc1. The monoisotopic (exact) mass is 279 g/mol. The fourth-order valence-corrected chi connectivity index (χ4v) is 2.06. The van der Waals surface area contributed by atoms with Crippen molar-refractivity contribution < 1.29 is 9.90 Å². The number of rotatable bonds is 7. The van der Waals surface area contributed by atoms with Crippen LogP contribution in [0.15, 0.2) is 24.5 Å². The third kappa shape index (κ3) is 4.81. The van der Waals surface area contributed by atoms with Gasteiger partial charge in [0.05, 0.1) is 6.04 Å². The smallest absolute Gasteiger partial charge is 0.315 e. The van der Waals surface area contributed by atoms with Crippen molar-refractivity contribution >= 4 is 6.03 Å². The van der Waals surface area contributed by atoms with E-state index in [0.717, 1.165) is 18.4 Å². The second-order valence-corrected chi connectivity index (χ2v) is 5.23. The number of hydrogen-bond acceptors (Lipinski definition) is 3. The Bertz CT molecular complexity index is 411. The first kappa shape index (κ1) is 16.4. The molecule has 1 aromatic heterocycles. The highest BCUT2D eigenvalue weighted by Crippen LogP contribution is 2.17. The van der Waals surface area contributed by atoms with Crippen LogP contribution in [-0.2, 0) is 0 Å². The van der Waals surface area contributed by atoms with Gasteiger partial charge in [0, 0.05) is 24.5 Å². The van der Waals surface area contributed by atoms with Crippen LogP contribution < -0.4 is 10.6 Å². The molecule has 2 atom stereocenters. The maximum Gasteiger partial charge on any atom is 0.315 e. The molecule has 0 aliphatic heterocycles. The van der Waals surface area contributed by atoms with E-state index in [1.165, 1.54) is 0 Å². The van der Waals surface area contributed by atoms with E-state index in [4.69, 9.17) is 5.11 Å². The van der Waals surface area contributed by atoms with Gasteiger partial charge in [0.25, 0.3) is 0 Å². The fraction of sp³-hybridized carbons (Fsp3) is 0.600. The average Bonchev–Trinajstić information content (AvgIpc) is 2.46. The molecule has 0 spiro atoms. The van der Waals surface area contributed by atoms with Gasteiger partial charge in [-0.25, -0.2) is 4.79 Å². The topological polar surface area (TPSA) is 74.2 Å². The largest absolute Gasteiger partial charge is 0.396 e. The minimum Gasteiger partial charge on any atom is -0.396 e. The summed E-state index contributed by atoms with van der Waals surface area (Å²) in [7, 11) is 0. The van der Waals surface area contributed by atoms with Gasteiger partial charge in [-0.1, -0.05) is 13.8 Å². The van der Waals surface area contributed by atoms with E-state index < -0.39 is 0 Å². The lowest BCUT2D eigenvalue weighted by Crippen LogP contribution is -2.51. The quantitative estimate of drug-likeness (QED) is 0.717. The number of amides is 2. The van der Waals surface area contributed by atoms with Crippen LogP contribution in [0.2, 0.25) is 0 Å². The number of hydrogen-bond donors (Lipinski definition) is 3. The van der Waals surface area contributed by atoms with Crippen LogP contribution in [0.3, 0.4) is 0 Å². The summed E-state index contributed by atoms with van der Waals surface area (Å²) in [6.07, 6.45) is 5.56. The van der Waals surface area contributed by atoms with Gasteiger partial charge in [0.1, 0.15) is 0 Å². The van der Waals surface area contributed by atoms with E-state index in [2.05, 4.69) is 15.6 Å². The molecule has 0 saturated heterocycles. The standard InChI is InChI=1S/C15H25N3O2/c1-4-13(12-6-9-16-10-7-12)17-14(20)18-15(3,5-2)8-11-19/h6-7,9-10,13,19H,4-5,8,11H2,1-3H3,(H2,17,18,20). The van der Waals surface area contributed by atoms with Crippen LogP contribution in [0.25, 0.3) is 0 Å². The maximum absolute atomic E-state index is 12.1. The Morgan fingerprint density at radius 3 is 2.55 bits per heavy atom. The molecule has 20 heavy (non-hydrogen) atoms. The van der Waals surface area contributed by atoms with Gasteiger partial charge >= 0.3 is 6.03 Å². The lowest BCUT2D eigenvalue weighted by Gasteiger charge is -2.30. The Kier molecular flexibility index (Phi) is 6.45. The minimum atomic E-state index is -0.380. The predicted octanol–water partition coefficient (Wildman–Crippen LogP) is 2.38. The zero-order valence-electron chi connectivity index (χ0n) is 12.5. The van der Waals surface area contributed by atoms with Crippen molar-refractivity contribution in [1.29, 1.82) is 0 Å². The number of aliphatic hydroxyl groups excluding tert-OH is 1. The molecule has 0 saturated carbocycles. The molecule has 0 radical (unpaired) electrons. The van der Waals surface area contributed by atoms with Gasteiger partial charge < -0.3 is 15.7 Å². The zero-order valence-corrected chi connectivity index (χ0v) is 12.5. The van der Waals surface area contributed by atoms with E-state index >= 15 is 0 Å². The number of aromatic nitrogens is 1. The summed E-state index contributed by atoms with van der Waals surface area (Å²) in [5.74, 6) is 0. The van der Waals surface area contributed by atoms with E-state index in [9.17, 15) is 4.79 Å². The number of nitrogens with zero attached hydrogens (tertiary/aromatic N) is 1. The molecule has 0 aromatic carbocycles. The first-order valence-corrected chi connectivity index (χ1v) is 7.14. The second-order valence-electron chi connectivity index (χ2n) is 5.23. The summed E-state index contributed by atoms with van der Waals surface area (Å²) in [5.41, 5.74) is 0.660. The van der Waals surface area contributed by atoms with E-state index in [1.807, 2.05) is 32.9 Å². The molecule has 1 aromatic rings. The normalized spacial score (nSPS) is 15.2. The average molecular weight is 279 g/mol. The molecule has 2 unspecified atom stereocenters. The molecule has 2 amide bonds. The number of urea groups is 1.